The molecule has 2 rings (SSSR count). The smallest absolute Gasteiger partial charge is 0.303 e. The highest BCUT2D eigenvalue weighted by molar-refractivity contribution is 5.83. The summed E-state index contributed by atoms with van der Waals surface area (Å²) in [5.74, 6) is -0.211. The third-order valence-corrected chi connectivity index (χ3v) is 5.31. The van der Waals surface area contributed by atoms with Crippen LogP contribution >= 0.6 is 0 Å². The van der Waals surface area contributed by atoms with Gasteiger partial charge in [0.1, 0.15) is 0 Å². The van der Waals surface area contributed by atoms with E-state index in [2.05, 4.69) is 0 Å². The summed E-state index contributed by atoms with van der Waals surface area (Å²) in [5.41, 5.74) is -0.213. The van der Waals surface area contributed by atoms with Crippen molar-refractivity contribution in [2.24, 2.45) is 11.3 Å². The summed E-state index contributed by atoms with van der Waals surface area (Å²) in [7, 11) is 0. The molecule has 0 aromatic heterocycles. The molecule has 0 radical (unpaired) electrons. The van der Waals surface area contributed by atoms with Crippen molar-refractivity contribution in [3.8, 4) is 0 Å². The molecule has 2 aliphatic rings. The van der Waals surface area contributed by atoms with Gasteiger partial charge in [0.25, 0.3) is 0 Å². The number of ether oxygens (including phenoxy) is 1. The molecule has 0 aromatic carbocycles. The van der Waals surface area contributed by atoms with Crippen LogP contribution in [0.4, 0.5) is 0 Å². The number of carboxylic acid groups (broad SMARTS) is 1. The summed E-state index contributed by atoms with van der Waals surface area (Å²) in [5, 5.41) is 8.88. The van der Waals surface area contributed by atoms with Gasteiger partial charge in [0, 0.05) is 32.7 Å². The Kier molecular flexibility index (Phi) is 6.24. The van der Waals surface area contributed by atoms with Crippen LogP contribution in [0.5, 0.6) is 0 Å². The van der Waals surface area contributed by atoms with Crippen molar-refractivity contribution in [1.29, 1.82) is 0 Å². The molecule has 0 atom stereocenters. The fourth-order valence-electron chi connectivity index (χ4n) is 3.96. The lowest BCUT2D eigenvalue weighted by atomic mass is 9.80. The number of likely N-dealkylation sites (tertiary alicyclic amines) is 1. The highest BCUT2D eigenvalue weighted by Crippen LogP contribution is 2.43. The predicted octanol–water partition coefficient (Wildman–Crippen LogP) is 2.69. The number of nitrogens with zero attached hydrogens (tertiary/aromatic N) is 1. The first kappa shape index (κ1) is 17.3. The lowest BCUT2D eigenvalue weighted by Gasteiger charge is -2.38. The van der Waals surface area contributed by atoms with Gasteiger partial charge in [-0.3, -0.25) is 9.59 Å². The standard InChI is InChI=1S/C17H29NO4/c1-2-22-12-9-17(7-3-4-8-17)16(21)18-10-5-14(6-11-18)13-15(19)20/h14H,2-13H2,1H3,(H,19,20). The molecule has 1 saturated carbocycles. The first-order valence-corrected chi connectivity index (χ1v) is 8.66. The van der Waals surface area contributed by atoms with Crippen LogP contribution in [0.2, 0.25) is 0 Å². The van der Waals surface area contributed by atoms with Crippen LogP contribution in [-0.2, 0) is 14.3 Å². The van der Waals surface area contributed by atoms with E-state index in [9.17, 15) is 9.59 Å². The number of carbonyl (C=O) groups excluding carboxylic acids is 1. The van der Waals surface area contributed by atoms with Crippen LogP contribution in [0.25, 0.3) is 0 Å². The van der Waals surface area contributed by atoms with Gasteiger partial charge in [-0.25, -0.2) is 0 Å². The van der Waals surface area contributed by atoms with Gasteiger partial charge in [0.15, 0.2) is 0 Å². The number of carbonyl (C=O) groups is 2. The molecular weight excluding hydrogens is 282 g/mol. The molecule has 1 aliphatic carbocycles. The highest BCUT2D eigenvalue weighted by atomic mass is 16.5. The fourth-order valence-corrected chi connectivity index (χ4v) is 3.96. The first-order chi connectivity index (χ1) is 10.6. The van der Waals surface area contributed by atoms with Gasteiger partial charge in [0.2, 0.25) is 5.91 Å². The van der Waals surface area contributed by atoms with Crippen LogP contribution in [0, 0.1) is 11.3 Å². The van der Waals surface area contributed by atoms with Crippen LogP contribution in [0.3, 0.4) is 0 Å². The summed E-state index contributed by atoms with van der Waals surface area (Å²) in [4.78, 5) is 25.8. The molecule has 1 amide bonds. The van der Waals surface area contributed by atoms with E-state index in [1.165, 1.54) is 0 Å². The summed E-state index contributed by atoms with van der Waals surface area (Å²) in [6.07, 6.45) is 6.92. The molecule has 1 N–H and O–H groups in total. The monoisotopic (exact) mass is 311 g/mol. The zero-order valence-electron chi connectivity index (χ0n) is 13.7. The second kappa shape index (κ2) is 7.95. The average Bonchev–Trinajstić information content (AvgIpc) is 2.97. The van der Waals surface area contributed by atoms with E-state index in [0.29, 0.717) is 32.2 Å². The number of aliphatic carboxylic acids is 1. The minimum absolute atomic E-state index is 0.213. The highest BCUT2D eigenvalue weighted by Gasteiger charge is 2.43. The summed E-state index contributed by atoms with van der Waals surface area (Å²) in [6, 6.07) is 0. The Balaban J connectivity index is 1.90. The third kappa shape index (κ3) is 4.22. The minimum Gasteiger partial charge on any atom is -0.481 e. The predicted molar refractivity (Wildman–Crippen MR) is 83.6 cm³/mol. The van der Waals surface area contributed by atoms with Gasteiger partial charge >= 0.3 is 5.97 Å². The molecule has 0 bridgehead atoms. The topological polar surface area (TPSA) is 66.8 Å². The van der Waals surface area contributed by atoms with Gasteiger partial charge in [-0.1, -0.05) is 12.8 Å². The van der Waals surface area contributed by atoms with Crippen molar-refractivity contribution in [3.63, 3.8) is 0 Å². The molecule has 1 saturated heterocycles. The maximum Gasteiger partial charge on any atom is 0.303 e. The van der Waals surface area contributed by atoms with Gasteiger partial charge < -0.3 is 14.7 Å². The number of rotatable bonds is 7. The zero-order valence-corrected chi connectivity index (χ0v) is 13.7. The van der Waals surface area contributed by atoms with E-state index in [1.807, 2.05) is 11.8 Å². The second-order valence-corrected chi connectivity index (χ2v) is 6.77. The number of hydrogen-bond donors (Lipinski definition) is 1. The zero-order chi connectivity index (χ0) is 16.0. The quantitative estimate of drug-likeness (QED) is 0.734. The fraction of sp³-hybridized carbons (Fsp3) is 0.882. The Morgan fingerprint density at radius 3 is 2.41 bits per heavy atom. The van der Waals surface area contributed by atoms with E-state index >= 15 is 0 Å². The Morgan fingerprint density at radius 2 is 1.86 bits per heavy atom. The molecule has 5 heteroatoms. The van der Waals surface area contributed by atoms with E-state index in [1.54, 1.807) is 0 Å². The number of carboxylic acids is 1. The minimum atomic E-state index is -0.728. The van der Waals surface area contributed by atoms with Crippen LogP contribution < -0.4 is 0 Å². The van der Waals surface area contributed by atoms with E-state index in [4.69, 9.17) is 9.84 Å². The van der Waals surface area contributed by atoms with E-state index in [-0.39, 0.29) is 17.8 Å². The molecular formula is C17H29NO4. The maximum absolute atomic E-state index is 13.0. The first-order valence-electron chi connectivity index (χ1n) is 8.66. The molecule has 22 heavy (non-hydrogen) atoms. The van der Waals surface area contributed by atoms with Gasteiger partial charge in [-0.05, 0) is 44.9 Å². The molecule has 2 fully saturated rings. The van der Waals surface area contributed by atoms with Crippen molar-refractivity contribution in [1.82, 2.24) is 4.90 Å². The molecule has 126 valence electrons. The van der Waals surface area contributed by atoms with E-state index < -0.39 is 5.97 Å². The summed E-state index contributed by atoms with van der Waals surface area (Å²) >= 11 is 0. The van der Waals surface area contributed by atoms with Crippen LogP contribution in [0.15, 0.2) is 0 Å². The molecule has 1 aliphatic heterocycles. The molecule has 5 nitrogen and oxygen atoms in total. The van der Waals surface area contributed by atoms with Crippen molar-refractivity contribution in [2.45, 2.75) is 58.3 Å². The Morgan fingerprint density at radius 1 is 1.23 bits per heavy atom. The second-order valence-electron chi connectivity index (χ2n) is 6.77. The van der Waals surface area contributed by atoms with Gasteiger partial charge in [0.05, 0.1) is 5.41 Å². The van der Waals surface area contributed by atoms with Crippen LogP contribution in [0.1, 0.15) is 58.3 Å². The van der Waals surface area contributed by atoms with Crippen molar-refractivity contribution >= 4 is 11.9 Å². The lowest BCUT2D eigenvalue weighted by Crippen LogP contribution is -2.47. The SMILES string of the molecule is CCOCCC1(C(=O)N2CCC(CC(=O)O)CC2)CCCC1. The number of hydrogen-bond acceptors (Lipinski definition) is 3. The van der Waals surface area contributed by atoms with Crippen molar-refractivity contribution < 1.29 is 19.4 Å². The van der Waals surface area contributed by atoms with Gasteiger partial charge in [-0.15, -0.1) is 0 Å². The average molecular weight is 311 g/mol. The Hall–Kier alpha value is -1.10. The molecule has 0 unspecified atom stereocenters. The summed E-state index contributed by atoms with van der Waals surface area (Å²) in [6.45, 7) is 4.78. The molecule has 1 heterocycles. The number of amides is 1. The van der Waals surface area contributed by atoms with Crippen LogP contribution in [-0.4, -0.2) is 48.2 Å². The Labute approximate surface area is 133 Å². The normalized spacial score (nSPS) is 22.0. The Bertz CT molecular complexity index is 382. The number of piperidine rings is 1. The van der Waals surface area contributed by atoms with Gasteiger partial charge in [-0.2, -0.15) is 0 Å². The maximum atomic E-state index is 13.0. The van der Waals surface area contributed by atoms with Crippen molar-refractivity contribution in [2.75, 3.05) is 26.3 Å². The van der Waals surface area contributed by atoms with Crippen molar-refractivity contribution in [3.05, 3.63) is 0 Å². The third-order valence-electron chi connectivity index (χ3n) is 5.31. The molecule has 0 aromatic rings. The largest absolute Gasteiger partial charge is 0.481 e. The van der Waals surface area contributed by atoms with E-state index in [0.717, 1.165) is 44.9 Å². The molecule has 0 spiro atoms. The lowest BCUT2D eigenvalue weighted by molar-refractivity contribution is -0.145. The summed E-state index contributed by atoms with van der Waals surface area (Å²) < 4.78 is 5.48.